The summed E-state index contributed by atoms with van der Waals surface area (Å²) >= 11 is 0. The Kier molecular flexibility index (Phi) is 4.64. The van der Waals surface area contributed by atoms with Crippen molar-refractivity contribution in [2.24, 2.45) is 7.05 Å². The van der Waals surface area contributed by atoms with E-state index in [9.17, 15) is 19.2 Å². The monoisotopic (exact) mass is 368 g/mol. The molecule has 0 spiro atoms. The molecule has 138 valence electrons. The van der Waals surface area contributed by atoms with E-state index in [4.69, 9.17) is 8.83 Å². The Hall–Kier alpha value is -3.68. The molecule has 0 amide bonds. The van der Waals surface area contributed by atoms with Gasteiger partial charge in [-0.2, -0.15) is 0 Å². The number of H-pyrrole nitrogens is 1. The molecule has 2 aromatic carbocycles. The van der Waals surface area contributed by atoms with Gasteiger partial charge in [0.15, 0.2) is 22.7 Å². The van der Waals surface area contributed by atoms with Crippen LogP contribution >= 0.6 is 0 Å². The second-order valence-corrected chi connectivity index (χ2v) is 5.95. The van der Waals surface area contributed by atoms with E-state index in [0.29, 0.717) is 33.3 Å². The highest BCUT2D eigenvalue weighted by molar-refractivity contribution is 5.97. The van der Waals surface area contributed by atoms with E-state index in [0.717, 1.165) is 0 Å². The van der Waals surface area contributed by atoms with Gasteiger partial charge < -0.3 is 8.83 Å². The predicted molar refractivity (Wildman–Crippen MR) is 98.3 cm³/mol. The first kappa shape index (κ1) is 18.1. The van der Waals surface area contributed by atoms with Gasteiger partial charge in [-0.1, -0.05) is 0 Å². The fourth-order valence-electron chi connectivity index (χ4n) is 2.52. The van der Waals surface area contributed by atoms with Crippen molar-refractivity contribution in [1.82, 2.24) is 9.55 Å². The third-order valence-electron chi connectivity index (χ3n) is 4.03. The molecule has 0 saturated heterocycles. The molecule has 0 bridgehead atoms. The Morgan fingerprint density at radius 3 is 2.11 bits per heavy atom. The first-order valence-corrected chi connectivity index (χ1v) is 8.00. The molecule has 0 atom stereocenters. The lowest BCUT2D eigenvalue weighted by Crippen LogP contribution is -2.08. The number of carbonyl (C=O) groups is 2. The molecule has 1 N–H and O–H groups in total. The molecule has 8 heteroatoms. The summed E-state index contributed by atoms with van der Waals surface area (Å²) in [6, 6.07) is 9.82. The third-order valence-corrected chi connectivity index (χ3v) is 4.03. The van der Waals surface area contributed by atoms with Crippen LogP contribution in [0.4, 0.5) is 0 Å². The third kappa shape index (κ3) is 3.64. The Bertz CT molecular complexity index is 1290. The number of aromatic nitrogens is 2. The molecule has 0 fully saturated rings. The van der Waals surface area contributed by atoms with Gasteiger partial charge in [0.05, 0.1) is 11.0 Å². The lowest BCUT2D eigenvalue weighted by Gasteiger charge is -1.94. The van der Waals surface area contributed by atoms with E-state index in [1.807, 2.05) is 0 Å². The maximum atomic E-state index is 11.1. The van der Waals surface area contributed by atoms with Crippen LogP contribution in [0.5, 0.6) is 0 Å². The zero-order chi connectivity index (χ0) is 19.7. The zero-order valence-corrected chi connectivity index (χ0v) is 14.9. The van der Waals surface area contributed by atoms with Crippen molar-refractivity contribution in [3.05, 3.63) is 68.6 Å². The summed E-state index contributed by atoms with van der Waals surface area (Å²) in [5.41, 5.74) is 3.25. The molecule has 27 heavy (non-hydrogen) atoms. The van der Waals surface area contributed by atoms with Crippen LogP contribution in [0.25, 0.3) is 22.2 Å². The average molecular weight is 368 g/mol. The highest BCUT2D eigenvalue weighted by Gasteiger charge is 2.08. The fraction of sp³-hybridized carbons (Fsp3) is 0.158. The molecule has 4 aromatic rings. The molecule has 0 aliphatic heterocycles. The highest BCUT2D eigenvalue weighted by atomic mass is 16.4. The number of hydrogen-bond acceptors (Lipinski definition) is 6. The first-order valence-electron chi connectivity index (χ1n) is 8.00. The summed E-state index contributed by atoms with van der Waals surface area (Å²) in [6.07, 6.45) is 0. The number of nitrogens with one attached hydrogen (secondary N) is 1. The second-order valence-electron chi connectivity index (χ2n) is 5.95. The van der Waals surface area contributed by atoms with E-state index >= 15 is 0 Å². The fourth-order valence-corrected chi connectivity index (χ4v) is 2.52. The quantitative estimate of drug-likeness (QED) is 0.544. The number of Topliss-reactive ketones (excluding diaryl/α,β-unsaturated/α-hetero) is 2. The Morgan fingerprint density at radius 1 is 0.889 bits per heavy atom. The molecule has 8 nitrogen and oxygen atoms in total. The van der Waals surface area contributed by atoms with Crippen molar-refractivity contribution in [1.29, 1.82) is 0 Å². The number of oxazole rings is 2. The van der Waals surface area contributed by atoms with Crippen LogP contribution in [-0.4, -0.2) is 21.1 Å². The number of nitrogens with zero attached hydrogens (tertiary/aromatic N) is 1. The molecule has 0 unspecified atom stereocenters. The van der Waals surface area contributed by atoms with Crippen molar-refractivity contribution in [2.75, 3.05) is 0 Å². The number of ketones is 2. The van der Waals surface area contributed by atoms with Gasteiger partial charge in [0.2, 0.25) is 0 Å². The molecule has 2 heterocycles. The van der Waals surface area contributed by atoms with Crippen molar-refractivity contribution in [3.8, 4) is 0 Å². The SMILES string of the molecule is CC(=O)c1ccc2[nH]c(=O)oc2c1.CC(=O)c1ccc2c(c1)oc(=O)n2C. The van der Waals surface area contributed by atoms with Crippen LogP contribution in [-0.2, 0) is 7.05 Å². The average Bonchev–Trinajstić information content (AvgIpc) is 3.13. The van der Waals surface area contributed by atoms with E-state index < -0.39 is 11.5 Å². The highest BCUT2D eigenvalue weighted by Crippen LogP contribution is 2.14. The number of aryl methyl sites for hydroxylation is 1. The van der Waals surface area contributed by atoms with Gasteiger partial charge in [-0.15, -0.1) is 0 Å². The number of carbonyl (C=O) groups excluding carboxylic acids is 2. The van der Waals surface area contributed by atoms with E-state index in [-0.39, 0.29) is 11.6 Å². The van der Waals surface area contributed by atoms with E-state index in [1.165, 1.54) is 18.4 Å². The number of aromatic amines is 1. The lowest BCUT2D eigenvalue weighted by atomic mass is 10.1. The summed E-state index contributed by atoms with van der Waals surface area (Å²) in [5.74, 6) is -1.01. The van der Waals surface area contributed by atoms with Crippen LogP contribution in [0.15, 0.2) is 54.8 Å². The van der Waals surface area contributed by atoms with Crippen LogP contribution in [0.3, 0.4) is 0 Å². The number of hydrogen-bond donors (Lipinski definition) is 1. The van der Waals surface area contributed by atoms with Crippen molar-refractivity contribution < 1.29 is 18.4 Å². The second kappa shape index (κ2) is 6.91. The van der Waals surface area contributed by atoms with E-state index in [2.05, 4.69) is 4.98 Å². The predicted octanol–water partition coefficient (Wildman–Crippen LogP) is 2.66. The van der Waals surface area contributed by atoms with Gasteiger partial charge >= 0.3 is 11.5 Å². The largest absolute Gasteiger partial charge is 0.419 e. The number of benzene rings is 2. The molecule has 0 radical (unpaired) electrons. The number of rotatable bonds is 2. The first-order chi connectivity index (χ1) is 12.8. The lowest BCUT2D eigenvalue weighted by molar-refractivity contribution is 0.100. The molecule has 0 saturated carbocycles. The normalized spacial score (nSPS) is 10.6. The topological polar surface area (TPSA) is 115 Å². The Morgan fingerprint density at radius 2 is 1.48 bits per heavy atom. The Labute approximate surface area is 152 Å². The molecule has 0 aliphatic carbocycles. The van der Waals surface area contributed by atoms with Crippen molar-refractivity contribution in [2.45, 2.75) is 13.8 Å². The molecular formula is C19H16N2O6. The number of fused-ring (bicyclic) bond motifs is 2. The van der Waals surface area contributed by atoms with Crippen molar-refractivity contribution >= 4 is 33.8 Å². The van der Waals surface area contributed by atoms with Crippen LogP contribution in [0, 0.1) is 0 Å². The van der Waals surface area contributed by atoms with Gasteiger partial charge in [-0.25, -0.2) is 9.59 Å². The summed E-state index contributed by atoms with van der Waals surface area (Å²) in [6.45, 7) is 2.94. The van der Waals surface area contributed by atoms with E-state index in [1.54, 1.807) is 43.4 Å². The molecule has 4 rings (SSSR count). The minimum Gasteiger partial charge on any atom is -0.408 e. The molecule has 2 aromatic heterocycles. The molecular weight excluding hydrogens is 352 g/mol. The molecule has 0 aliphatic rings. The maximum Gasteiger partial charge on any atom is 0.419 e. The minimum atomic E-state index is -0.504. The smallest absolute Gasteiger partial charge is 0.408 e. The van der Waals surface area contributed by atoms with Crippen LogP contribution < -0.4 is 11.5 Å². The van der Waals surface area contributed by atoms with Gasteiger partial charge in [-0.3, -0.25) is 19.1 Å². The zero-order valence-electron chi connectivity index (χ0n) is 14.9. The van der Waals surface area contributed by atoms with Gasteiger partial charge in [-0.05, 0) is 50.2 Å². The maximum absolute atomic E-state index is 11.1. The van der Waals surface area contributed by atoms with Crippen LogP contribution in [0.1, 0.15) is 34.6 Å². The summed E-state index contributed by atoms with van der Waals surface area (Å²) < 4.78 is 11.1. The van der Waals surface area contributed by atoms with Gasteiger partial charge in [0, 0.05) is 18.2 Å². The standard InChI is InChI=1S/C10H9NO3.C9H7NO3/c1-6(12)7-3-4-8-9(5-7)14-10(13)11(8)2;1-5(11)6-2-3-7-8(4-6)13-9(12)10-7/h3-5H,1-2H3;2-4H,1H3,(H,10,12). The van der Waals surface area contributed by atoms with Crippen molar-refractivity contribution in [3.63, 3.8) is 0 Å². The van der Waals surface area contributed by atoms with Gasteiger partial charge in [0.25, 0.3) is 0 Å². The summed E-state index contributed by atoms with van der Waals surface area (Å²) in [5, 5.41) is 0. The van der Waals surface area contributed by atoms with Crippen LogP contribution in [0.2, 0.25) is 0 Å². The summed E-state index contributed by atoms with van der Waals surface area (Å²) in [4.78, 5) is 46.4. The minimum absolute atomic E-state index is 0.0431. The van der Waals surface area contributed by atoms with Gasteiger partial charge in [0.1, 0.15) is 0 Å². The Balaban J connectivity index is 0.000000156. The summed E-state index contributed by atoms with van der Waals surface area (Å²) in [7, 11) is 1.63.